The van der Waals surface area contributed by atoms with Crippen LogP contribution in [0, 0.1) is 3.57 Å². The van der Waals surface area contributed by atoms with Gasteiger partial charge in [0.05, 0.1) is 22.3 Å². The number of hydrogen-bond acceptors (Lipinski definition) is 2. The Hall–Kier alpha value is -0.460. The van der Waals surface area contributed by atoms with E-state index in [1.54, 1.807) is 7.11 Å². The zero-order chi connectivity index (χ0) is 13.8. The molecule has 1 N–H and O–H groups in total. The van der Waals surface area contributed by atoms with Gasteiger partial charge < -0.3 is 10.1 Å². The molecule has 0 aliphatic carbocycles. The van der Waals surface area contributed by atoms with Crippen LogP contribution in [-0.4, -0.2) is 7.11 Å². The van der Waals surface area contributed by atoms with E-state index >= 15 is 0 Å². The van der Waals surface area contributed by atoms with Gasteiger partial charge in [-0.3, -0.25) is 0 Å². The Bertz CT molecular complexity index is 592. The van der Waals surface area contributed by atoms with Gasteiger partial charge in [-0.1, -0.05) is 17.7 Å². The Morgan fingerprint density at radius 1 is 1.26 bits per heavy atom. The highest BCUT2D eigenvalue weighted by Crippen LogP contribution is 2.27. The summed E-state index contributed by atoms with van der Waals surface area (Å²) in [5, 5.41) is 4.06. The Labute approximate surface area is 139 Å². The maximum atomic E-state index is 6.18. The Balaban J connectivity index is 2.08. The van der Waals surface area contributed by atoms with Crippen molar-refractivity contribution >= 4 is 55.8 Å². The summed E-state index contributed by atoms with van der Waals surface area (Å²) >= 11 is 11.9. The zero-order valence-electron chi connectivity index (χ0n) is 10.2. The Morgan fingerprint density at radius 2 is 2.05 bits per heavy atom. The van der Waals surface area contributed by atoms with E-state index in [9.17, 15) is 0 Å². The molecule has 2 aromatic carbocycles. The standard InChI is InChI=1S/C14H12BrClINO/c1-19-14-5-2-9(6-11(14)15)8-18-13-4-3-10(17)7-12(13)16/h2-7,18H,8H2,1H3. The SMILES string of the molecule is COc1ccc(CNc2ccc(I)cc2Cl)cc1Br. The summed E-state index contributed by atoms with van der Waals surface area (Å²) in [6.45, 7) is 0.711. The molecule has 0 atom stereocenters. The topological polar surface area (TPSA) is 21.3 Å². The molecule has 0 heterocycles. The van der Waals surface area contributed by atoms with Crippen LogP contribution in [0.2, 0.25) is 5.02 Å². The molecule has 0 fully saturated rings. The van der Waals surface area contributed by atoms with Crippen molar-refractivity contribution in [3.8, 4) is 5.75 Å². The number of methoxy groups -OCH3 is 1. The number of rotatable bonds is 4. The average molecular weight is 453 g/mol. The molecule has 0 aromatic heterocycles. The summed E-state index contributed by atoms with van der Waals surface area (Å²) in [7, 11) is 1.66. The minimum atomic E-state index is 0.711. The normalized spacial score (nSPS) is 10.3. The maximum absolute atomic E-state index is 6.18. The van der Waals surface area contributed by atoms with Gasteiger partial charge in [-0.25, -0.2) is 0 Å². The molecule has 0 unspecified atom stereocenters. The lowest BCUT2D eigenvalue weighted by molar-refractivity contribution is 0.412. The van der Waals surface area contributed by atoms with E-state index in [0.717, 1.165) is 30.1 Å². The van der Waals surface area contributed by atoms with Crippen molar-refractivity contribution in [2.45, 2.75) is 6.54 Å². The van der Waals surface area contributed by atoms with Crippen LogP contribution in [0.3, 0.4) is 0 Å². The quantitative estimate of drug-likeness (QED) is 0.634. The predicted molar refractivity (Wildman–Crippen MR) is 92.2 cm³/mol. The summed E-state index contributed by atoms with van der Waals surface area (Å²) in [6.07, 6.45) is 0. The van der Waals surface area contributed by atoms with Gasteiger partial charge in [0.15, 0.2) is 0 Å². The summed E-state index contributed by atoms with van der Waals surface area (Å²) in [5.74, 6) is 0.830. The lowest BCUT2D eigenvalue weighted by atomic mass is 10.2. The van der Waals surface area contributed by atoms with Crippen molar-refractivity contribution < 1.29 is 4.74 Å². The van der Waals surface area contributed by atoms with Crippen LogP contribution in [0.15, 0.2) is 40.9 Å². The molecule has 0 amide bonds. The van der Waals surface area contributed by atoms with E-state index in [1.165, 1.54) is 0 Å². The zero-order valence-corrected chi connectivity index (χ0v) is 14.7. The third-order valence-electron chi connectivity index (χ3n) is 2.63. The molecular formula is C14H12BrClINO. The first kappa shape index (κ1) is 14.9. The minimum absolute atomic E-state index is 0.711. The molecule has 0 bridgehead atoms. The van der Waals surface area contributed by atoms with E-state index in [4.69, 9.17) is 16.3 Å². The second-order valence-electron chi connectivity index (χ2n) is 3.95. The summed E-state index contributed by atoms with van der Waals surface area (Å²) in [6, 6.07) is 12.0. The van der Waals surface area contributed by atoms with Gasteiger partial charge in [0.1, 0.15) is 5.75 Å². The monoisotopic (exact) mass is 451 g/mol. The minimum Gasteiger partial charge on any atom is -0.496 e. The highest BCUT2D eigenvalue weighted by molar-refractivity contribution is 14.1. The fraction of sp³-hybridized carbons (Fsp3) is 0.143. The number of hydrogen-bond donors (Lipinski definition) is 1. The van der Waals surface area contributed by atoms with Gasteiger partial charge in [-0.15, -0.1) is 0 Å². The third kappa shape index (κ3) is 4.00. The molecule has 2 aromatic rings. The lowest BCUT2D eigenvalue weighted by Gasteiger charge is -2.10. The molecule has 2 nitrogen and oxygen atoms in total. The molecule has 0 aliphatic rings. The molecule has 0 radical (unpaired) electrons. The number of benzene rings is 2. The molecule has 0 saturated carbocycles. The molecular weight excluding hydrogens is 440 g/mol. The molecule has 19 heavy (non-hydrogen) atoms. The predicted octanol–water partition coefficient (Wildman–Crippen LogP) is 5.33. The first-order valence-corrected chi connectivity index (χ1v) is 7.86. The van der Waals surface area contributed by atoms with Crippen molar-refractivity contribution in [1.29, 1.82) is 0 Å². The second-order valence-corrected chi connectivity index (χ2v) is 6.45. The van der Waals surface area contributed by atoms with Crippen LogP contribution >= 0.6 is 50.1 Å². The van der Waals surface area contributed by atoms with Crippen LogP contribution < -0.4 is 10.1 Å². The number of ether oxygens (including phenoxy) is 1. The first-order valence-electron chi connectivity index (χ1n) is 5.61. The van der Waals surface area contributed by atoms with Crippen LogP contribution in [0.5, 0.6) is 5.75 Å². The summed E-state index contributed by atoms with van der Waals surface area (Å²) in [5.41, 5.74) is 2.09. The lowest BCUT2D eigenvalue weighted by Crippen LogP contribution is -2.00. The van der Waals surface area contributed by atoms with Crippen molar-refractivity contribution in [1.82, 2.24) is 0 Å². The molecule has 2 rings (SSSR count). The van der Waals surface area contributed by atoms with E-state index in [-0.39, 0.29) is 0 Å². The molecule has 0 saturated heterocycles. The summed E-state index contributed by atoms with van der Waals surface area (Å²) in [4.78, 5) is 0. The van der Waals surface area contributed by atoms with Crippen molar-refractivity contribution in [3.05, 3.63) is 55.0 Å². The van der Waals surface area contributed by atoms with Gasteiger partial charge in [-0.2, -0.15) is 0 Å². The molecule has 5 heteroatoms. The van der Waals surface area contributed by atoms with Crippen molar-refractivity contribution in [3.63, 3.8) is 0 Å². The highest BCUT2D eigenvalue weighted by atomic mass is 127. The van der Waals surface area contributed by atoms with Gasteiger partial charge >= 0.3 is 0 Å². The molecule has 100 valence electrons. The van der Waals surface area contributed by atoms with Crippen LogP contribution in [-0.2, 0) is 6.54 Å². The smallest absolute Gasteiger partial charge is 0.133 e. The fourth-order valence-corrected chi connectivity index (χ4v) is 3.16. The average Bonchev–Trinajstić information content (AvgIpc) is 2.38. The van der Waals surface area contributed by atoms with Gasteiger partial charge in [-0.05, 0) is 74.4 Å². The maximum Gasteiger partial charge on any atom is 0.133 e. The van der Waals surface area contributed by atoms with Gasteiger partial charge in [0.2, 0.25) is 0 Å². The molecule has 0 aliphatic heterocycles. The van der Waals surface area contributed by atoms with Crippen molar-refractivity contribution in [2.75, 3.05) is 12.4 Å². The third-order valence-corrected chi connectivity index (χ3v) is 4.23. The van der Waals surface area contributed by atoms with E-state index < -0.39 is 0 Å². The van der Waals surface area contributed by atoms with Crippen LogP contribution in [0.4, 0.5) is 5.69 Å². The van der Waals surface area contributed by atoms with Gasteiger partial charge in [0, 0.05) is 10.1 Å². The molecule has 0 spiro atoms. The van der Waals surface area contributed by atoms with Gasteiger partial charge in [0.25, 0.3) is 0 Å². The van der Waals surface area contributed by atoms with Crippen LogP contribution in [0.1, 0.15) is 5.56 Å². The first-order chi connectivity index (χ1) is 9.10. The second kappa shape index (κ2) is 6.81. The van der Waals surface area contributed by atoms with E-state index in [1.807, 2.05) is 36.4 Å². The summed E-state index contributed by atoms with van der Waals surface area (Å²) < 4.78 is 7.28. The van der Waals surface area contributed by atoms with Crippen LogP contribution in [0.25, 0.3) is 0 Å². The number of anilines is 1. The fourth-order valence-electron chi connectivity index (χ4n) is 1.65. The Kier molecular flexibility index (Phi) is 5.36. The Morgan fingerprint density at radius 3 is 2.68 bits per heavy atom. The number of halogens is 3. The highest BCUT2D eigenvalue weighted by Gasteiger charge is 2.03. The van der Waals surface area contributed by atoms with E-state index in [2.05, 4.69) is 43.8 Å². The van der Waals surface area contributed by atoms with Crippen molar-refractivity contribution in [2.24, 2.45) is 0 Å². The number of nitrogens with one attached hydrogen (secondary N) is 1. The largest absolute Gasteiger partial charge is 0.496 e. The van der Waals surface area contributed by atoms with E-state index in [0.29, 0.717) is 6.54 Å².